The number of fused-ring (bicyclic) bond motifs is 1. The number of carbonyl (C=O) groups excluding carboxylic acids is 1. The second-order valence-electron chi connectivity index (χ2n) is 6.70. The summed E-state index contributed by atoms with van der Waals surface area (Å²) in [4.78, 5) is 29.4. The zero-order valence-electron chi connectivity index (χ0n) is 14.7. The Balaban J connectivity index is 1.39. The van der Waals surface area contributed by atoms with Gasteiger partial charge in [-0.2, -0.15) is 5.10 Å². The maximum Gasteiger partial charge on any atom is 0.326 e. The maximum absolute atomic E-state index is 12.3. The Labute approximate surface area is 150 Å². The van der Waals surface area contributed by atoms with Crippen LogP contribution in [0.2, 0.25) is 0 Å². The third-order valence-electron chi connectivity index (χ3n) is 5.01. The first-order chi connectivity index (χ1) is 12.6. The monoisotopic (exact) mass is 354 g/mol. The van der Waals surface area contributed by atoms with E-state index in [2.05, 4.69) is 32.4 Å². The number of nitrogens with one attached hydrogen (secondary N) is 3. The van der Waals surface area contributed by atoms with Gasteiger partial charge in [-0.15, -0.1) is 0 Å². The van der Waals surface area contributed by atoms with E-state index in [1.165, 1.54) is 0 Å². The molecule has 0 radical (unpaired) electrons. The molecule has 0 spiro atoms. The van der Waals surface area contributed by atoms with Crippen molar-refractivity contribution < 1.29 is 4.79 Å². The third-order valence-corrected chi connectivity index (χ3v) is 5.01. The summed E-state index contributed by atoms with van der Waals surface area (Å²) in [5.74, 6) is -0.235. The standard InChI is InChI=1S/C18H22N6O2/c1-23-9-4-7-15(23)13-11-14(22-21-13)17(25)19-8-10-24-16-6-3-2-5-12(16)20-18(24)26/h2-3,5-6,11,15H,4,7-10H2,1H3,(H,19,25)(H,20,26)(H,21,22). The quantitative estimate of drug-likeness (QED) is 0.642. The zero-order valence-corrected chi connectivity index (χ0v) is 14.7. The Morgan fingerprint density at radius 3 is 3.04 bits per heavy atom. The highest BCUT2D eigenvalue weighted by Gasteiger charge is 2.25. The van der Waals surface area contributed by atoms with E-state index in [0.717, 1.165) is 36.1 Å². The van der Waals surface area contributed by atoms with Gasteiger partial charge in [0.1, 0.15) is 5.69 Å². The number of hydrogen-bond acceptors (Lipinski definition) is 4. The highest BCUT2D eigenvalue weighted by molar-refractivity contribution is 5.92. The van der Waals surface area contributed by atoms with Crippen LogP contribution in [0.15, 0.2) is 35.1 Å². The highest BCUT2D eigenvalue weighted by atomic mass is 16.2. The van der Waals surface area contributed by atoms with E-state index < -0.39 is 0 Å². The van der Waals surface area contributed by atoms with Crippen molar-refractivity contribution >= 4 is 16.9 Å². The highest BCUT2D eigenvalue weighted by Crippen LogP contribution is 2.29. The number of hydrogen-bond donors (Lipinski definition) is 3. The average Bonchev–Trinajstić information content (AvgIpc) is 3.34. The first kappa shape index (κ1) is 16.6. The minimum atomic E-state index is -0.235. The van der Waals surface area contributed by atoms with Gasteiger partial charge in [-0.05, 0) is 44.6 Å². The molecule has 4 rings (SSSR count). The zero-order chi connectivity index (χ0) is 18.1. The average molecular weight is 354 g/mol. The van der Waals surface area contributed by atoms with Crippen LogP contribution < -0.4 is 11.0 Å². The fourth-order valence-electron chi connectivity index (χ4n) is 3.63. The van der Waals surface area contributed by atoms with Crippen molar-refractivity contribution in [1.29, 1.82) is 0 Å². The van der Waals surface area contributed by atoms with E-state index in [-0.39, 0.29) is 11.6 Å². The molecule has 0 aliphatic carbocycles. The van der Waals surface area contributed by atoms with Gasteiger partial charge in [0.25, 0.3) is 5.91 Å². The largest absolute Gasteiger partial charge is 0.349 e. The summed E-state index contributed by atoms with van der Waals surface area (Å²) >= 11 is 0. The van der Waals surface area contributed by atoms with E-state index in [9.17, 15) is 9.59 Å². The van der Waals surface area contributed by atoms with Gasteiger partial charge in [-0.25, -0.2) is 4.79 Å². The molecule has 3 N–H and O–H groups in total. The summed E-state index contributed by atoms with van der Waals surface area (Å²) in [5.41, 5.74) is 2.81. The van der Waals surface area contributed by atoms with E-state index in [0.29, 0.717) is 24.8 Å². The summed E-state index contributed by atoms with van der Waals surface area (Å²) in [6.07, 6.45) is 2.23. The van der Waals surface area contributed by atoms with E-state index in [1.54, 1.807) is 4.57 Å². The molecule has 8 heteroatoms. The summed E-state index contributed by atoms with van der Waals surface area (Å²) in [6, 6.07) is 9.62. The number of aromatic amines is 2. The molecule has 1 aliphatic heterocycles. The predicted molar refractivity (Wildman–Crippen MR) is 98.1 cm³/mol. The molecule has 26 heavy (non-hydrogen) atoms. The maximum atomic E-state index is 12.3. The fourth-order valence-corrected chi connectivity index (χ4v) is 3.63. The minimum absolute atomic E-state index is 0.174. The number of rotatable bonds is 5. The molecule has 1 unspecified atom stereocenters. The van der Waals surface area contributed by atoms with Gasteiger partial charge < -0.3 is 10.3 Å². The molecule has 8 nitrogen and oxygen atoms in total. The number of likely N-dealkylation sites (tertiary alicyclic amines) is 1. The Morgan fingerprint density at radius 2 is 2.23 bits per heavy atom. The molecule has 3 aromatic rings. The molecule has 1 atom stereocenters. The van der Waals surface area contributed by atoms with Crippen molar-refractivity contribution in [2.45, 2.75) is 25.4 Å². The van der Waals surface area contributed by atoms with Crippen molar-refractivity contribution in [2.75, 3.05) is 20.1 Å². The Bertz CT molecular complexity index is 985. The van der Waals surface area contributed by atoms with Gasteiger partial charge in [-0.3, -0.25) is 19.4 Å². The lowest BCUT2D eigenvalue weighted by atomic mass is 10.1. The first-order valence-corrected chi connectivity index (χ1v) is 8.85. The summed E-state index contributed by atoms with van der Waals surface area (Å²) in [7, 11) is 2.08. The van der Waals surface area contributed by atoms with Crippen molar-refractivity contribution in [3.05, 3.63) is 52.2 Å². The van der Waals surface area contributed by atoms with Crippen molar-refractivity contribution in [3.63, 3.8) is 0 Å². The summed E-state index contributed by atoms with van der Waals surface area (Å²) < 4.78 is 1.62. The van der Waals surface area contributed by atoms with Crippen LogP contribution in [-0.2, 0) is 6.54 Å². The Hall–Kier alpha value is -2.87. The third kappa shape index (κ3) is 3.03. The van der Waals surface area contributed by atoms with E-state index >= 15 is 0 Å². The van der Waals surface area contributed by atoms with Crippen LogP contribution in [0.1, 0.15) is 35.1 Å². The van der Waals surface area contributed by atoms with E-state index in [4.69, 9.17) is 0 Å². The van der Waals surface area contributed by atoms with Crippen LogP contribution in [0.5, 0.6) is 0 Å². The van der Waals surface area contributed by atoms with Crippen molar-refractivity contribution in [2.24, 2.45) is 0 Å². The molecule has 1 fully saturated rings. The summed E-state index contributed by atoms with van der Waals surface area (Å²) in [6.45, 7) is 1.81. The molecule has 0 saturated carbocycles. The van der Waals surface area contributed by atoms with Crippen molar-refractivity contribution in [3.8, 4) is 0 Å². The second-order valence-corrected chi connectivity index (χ2v) is 6.70. The fraction of sp³-hybridized carbons (Fsp3) is 0.389. The van der Waals surface area contributed by atoms with Gasteiger partial charge in [0, 0.05) is 13.1 Å². The summed E-state index contributed by atoms with van der Waals surface area (Å²) in [5, 5.41) is 9.96. The molecule has 1 amide bonds. The van der Waals surface area contributed by atoms with E-state index in [1.807, 2.05) is 30.3 Å². The molecule has 1 aromatic carbocycles. The molecule has 1 saturated heterocycles. The second kappa shape index (κ2) is 6.80. The first-order valence-electron chi connectivity index (χ1n) is 8.85. The number of imidazole rings is 1. The molecular weight excluding hydrogens is 332 g/mol. The molecular formula is C18H22N6O2. The molecule has 3 heterocycles. The van der Waals surface area contributed by atoms with Gasteiger partial charge in [0.05, 0.1) is 22.8 Å². The van der Waals surface area contributed by atoms with Crippen molar-refractivity contribution in [1.82, 2.24) is 30.0 Å². The number of aromatic nitrogens is 4. The molecule has 2 aromatic heterocycles. The van der Waals surface area contributed by atoms with Crippen LogP contribution in [0, 0.1) is 0 Å². The number of carbonyl (C=O) groups is 1. The van der Waals surface area contributed by atoms with Crippen LogP contribution >= 0.6 is 0 Å². The lowest BCUT2D eigenvalue weighted by Gasteiger charge is -2.16. The topological polar surface area (TPSA) is 98.8 Å². The van der Waals surface area contributed by atoms with Gasteiger partial charge >= 0.3 is 5.69 Å². The SMILES string of the molecule is CN1CCCC1c1cc(C(=O)NCCn2c(=O)[nH]c3ccccc32)n[nH]1. The van der Waals surface area contributed by atoms with Gasteiger partial charge in [0.15, 0.2) is 0 Å². The van der Waals surface area contributed by atoms with Gasteiger partial charge in [0.2, 0.25) is 0 Å². The molecule has 0 bridgehead atoms. The number of amides is 1. The lowest BCUT2D eigenvalue weighted by molar-refractivity contribution is 0.0947. The minimum Gasteiger partial charge on any atom is -0.349 e. The van der Waals surface area contributed by atoms with Crippen LogP contribution in [0.25, 0.3) is 11.0 Å². The Kier molecular flexibility index (Phi) is 4.34. The van der Waals surface area contributed by atoms with Gasteiger partial charge in [-0.1, -0.05) is 12.1 Å². The number of para-hydroxylation sites is 2. The normalized spacial score (nSPS) is 17.8. The smallest absolute Gasteiger partial charge is 0.326 e. The lowest BCUT2D eigenvalue weighted by Crippen LogP contribution is -2.30. The van der Waals surface area contributed by atoms with Crippen LogP contribution in [0.3, 0.4) is 0 Å². The number of H-pyrrole nitrogens is 2. The number of benzene rings is 1. The molecule has 136 valence electrons. The molecule has 1 aliphatic rings. The predicted octanol–water partition coefficient (Wildman–Crippen LogP) is 1.25. The number of nitrogens with zero attached hydrogens (tertiary/aromatic N) is 3. The van der Waals surface area contributed by atoms with Crippen LogP contribution in [-0.4, -0.2) is 50.7 Å². The Morgan fingerprint density at radius 1 is 1.38 bits per heavy atom. The van der Waals surface area contributed by atoms with Crippen LogP contribution in [0.4, 0.5) is 0 Å².